The average Bonchev–Trinajstić information content (AvgIpc) is 2.39. The van der Waals surface area contributed by atoms with Gasteiger partial charge in [0.1, 0.15) is 18.3 Å². The molecule has 21 heavy (non-hydrogen) atoms. The Kier molecular flexibility index (Phi) is 5.61. The molecule has 0 radical (unpaired) electrons. The molecule has 122 valence electrons. The number of hydrogen-bond acceptors (Lipinski definition) is 8. The molecule has 1 rings (SSSR count). The zero-order chi connectivity index (χ0) is 16.4. The number of hydrogen-bond donors (Lipinski definition) is 7. The molecular formula is C11H20N2O8. The lowest BCUT2D eigenvalue weighted by Gasteiger charge is -2.45. The van der Waals surface area contributed by atoms with E-state index in [-0.39, 0.29) is 0 Å². The van der Waals surface area contributed by atoms with Gasteiger partial charge in [-0.2, -0.15) is 0 Å². The molecule has 0 aromatic heterocycles. The fourth-order valence-electron chi connectivity index (χ4n) is 2.21. The Morgan fingerprint density at radius 3 is 2.48 bits per heavy atom. The number of aliphatic hydroxyl groups is 4. The minimum absolute atomic E-state index is 0.518. The van der Waals surface area contributed by atoms with E-state index >= 15 is 0 Å². The monoisotopic (exact) mass is 308 g/mol. The topological polar surface area (TPSA) is 183 Å². The molecule has 0 saturated carbocycles. The second-order valence-electron chi connectivity index (χ2n) is 5.01. The van der Waals surface area contributed by atoms with Crippen LogP contribution in [-0.2, 0) is 14.3 Å². The van der Waals surface area contributed by atoms with Gasteiger partial charge < -0.3 is 41.3 Å². The first kappa shape index (κ1) is 17.8. The Bertz CT molecular complexity index is 406. The van der Waals surface area contributed by atoms with Gasteiger partial charge in [-0.15, -0.1) is 0 Å². The fourth-order valence-corrected chi connectivity index (χ4v) is 2.21. The number of carbonyl (C=O) groups is 2. The summed E-state index contributed by atoms with van der Waals surface area (Å²) in [6.45, 7) is 0.352. The highest BCUT2D eigenvalue weighted by molar-refractivity contribution is 5.76. The summed E-state index contributed by atoms with van der Waals surface area (Å²) in [5.74, 6) is -4.89. The molecule has 0 aliphatic carbocycles. The molecule has 0 spiro atoms. The third-order valence-electron chi connectivity index (χ3n) is 3.28. The van der Waals surface area contributed by atoms with Crippen molar-refractivity contribution >= 4 is 11.9 Å². The Labute approximate surface area is 120 Å². The minimum Gasteiger partial charge on any atom is -0.477 e. The van der Waals surface area contributed by atoms with Gasteiger partial charge in [-0.25, -0.2) is 4.79 Å². The highest BCUT2D eigenvalue weighted by Crippen LogP contribution is 2.29. The highest BCUT2D eigenvalue weighted by atomic mass is 16.7. The van der Waals surface area contributed by atoms with Crippen molar-refractivity contribution in [3.05, 3.63) is 0 Å². The van der Waals surface area contributed by atoms with Crippen molar-refractivity contribution in [1.82, 2.24) is 5.32 Å². The molecule has 0 aromatic rings. The summed E-state index contributed by atoms with van der Waals surface area (Å²) in [5, 5.41) is 49.4. The maximum atomic E-state index is 11.2. The molecule has 6 atom stereocenters. The van der Waals surface area contributed by atoms with E-state index in [1.165, 1.54) is 6.92 Å². The first-order chi connectivity index (χ1) is 9.62. The molecule has 1 heterocycles. The largest absolute Gasteiger partial charge is 0.477 e. The van der Waals surface area contributed by atoms with Crippen LogP contribution in [0.15, 0.2) is 0 Å². The maximum Gasteiger partial charge on any atom is 0.364 e. The van der Waals surface area contributed by atoms with Gasteiger partial charge in [0.15, 0.2) is 0 Å². The van der Waals surface area contributed by atoms with E-state index in [4.69, 9.17) is 20.7 Å². The SMILES string of the molecule is CC(=O)N[C@H]1[C@H]([C@@H](O)[C@H](O)CO)O[C@](O)(C(=O)O)C[C@@H]1N. The van der Waals surface area contributed by atoms with E-state index in [0.29, 0.717) is 0 Å². The van der Waals surface area contributed by atoms with Crippen LogP contribution in [0.1, 0.15) is 13.3 Å². The lowest BCUT2D eigenvalue weighted by Crippen LogP contribution is -2.69. The fraction of sp³-hybridized carbons (Fsp3) is 0.818. The van der Waals surface area contributed by atoms with Crippen LogP contribution in [0.3, 0.4) is 0 Å². The van der Waals surface area contributed by atoms with Gasteiger partial charge in [-0.1, -0.05) is 0 Å². The van der Waals surface area contributed by atoms with E-state index in [2.05, 4.69) is 5.32 Å². The number of nitrogens with two attached hydrogens (primary N) is 1. The Hall–Kier alpha value is -1.30. The van der Waals surface area contributed by atoms with Crippen LogP contribution in [0.2, 0.25) is 0 Å². The van der Waals surface area contributed by atoms with Crippen LogP contribution >= 0.6 is 0 Å². The molecule has 1 aliphatic heterocycles. The zero-order valence-electron chi connectivity index (χ0n) is 11.3. The van der Waals surface area contributed by atoms with Crippen molar-refractivity contribution in [1.29, 1.82) is 0 Å². The summed E-state index contributed by atoms with van der Waals surface area (Å²) in [6.07, 6.45) is -5.45. The summed E-state index contributed by atoms with van der Waals surface area (Å²) in [7, 11) is 0. The maximum absolute atomic E-state index is 11.2. The normalized spacial score (nSPS) is 35.8. The summed E-state index contributed by atoms with van der Waals surface area (Å²) in [4.78, 5) is 22.2. The zero-order valence-corrected chi connectivity index (χ0v) is 11.3. The first-order valence-electron chi connectivity index (χ1n) is 6.25. The lowest BCUT2D eigenvalue weighted by molar-refractivity contribution is -0.282. The van der Waals surface area contributed by atoms with Crippen molar-refractivity contribution < 1.29 is 39.9 Å². The van der Waals surface area contributed by atoms with Crippen LogP contribution < -0.4 is 11.1 Å². The number of carboxylic acid groups (broad SMARTS) is 1. The second-order valence-corrected chi connectivity index (χ2v) is 5.01. The molecule has 0 bridgehead atoms. The van der Waals surface area contributed by atoms with Gasteiger partial charge in [0.25, 0.3) is 5.79 Å². The summed E-state index contributed by atoms with van der Waals surface area (Å²) in [6, 6.07) is -2.09. The van der Waals surface area contributed by atoms with E-state index in [1.54, 1.807) is 0 Å². The van der Waals surface area contributed by atoms with Gasteiger partial charge in [0.2, 0.25) is 5.91 Å². The van der Waals surface area contributed by atoms with Gasteiger partial charge in [-0.3, -0.25) is 4.79 Å². The van der Waals surface area contributed by atoms with E-state index in [1.807, 2.05) is 0 Å². The molecular weight excluding hydrogens is 288 g/mol. The van der Waals surface area contributed by atoms with Gasteiger partial charge in [0.05, 0.1) is 12.6 Å². The van der Waals surface area contributed by atoms with Crippen LogP contribution in [0.5, 0.6) is 0 Å². The molecule has 10 nitrogen and oxygen atoms in total. The molecule has 1 fully saturated rings. The minimum atomic E-state index is -2.66. The van der Waals surface area contributed by atoms with Gasteiger partial charge in [-0.05, 0) is 0 Å². The summed E-state index contributed by atoms with van der Waals surface area (Å²) >= 11 is 0. The van der Waals surface area contributed by atoms with Crippen LogP contribution in [-0.4, -0.2) is 80.2 Å². The smallest absolute Gasteiger partial charge is 0.364 e. The van der Waals surface area contributed by atoms with Crippen molar-refractivity contribution in [2.75, 3.05) is 6.61 Å². The van der Waals surface area contributed by atoms with Crippen LogP contribution in [0, 0.1) is 0 Å². The standard InChI is InChI=1S/C11H20N2O8/c1-4(15)13-7-5(12)2-11(20,10(18)19)21-9(7)8(17)6(16)3-14/h5-9,14,16-17,20H,2-3,12H2,1H3,(H,13,15)(H,18,19)/t5-,6+,7+,8-,9+,11-/m0/s1. The number of nitrogens with one attached hydrogen (secondary N) is 1. The number of ether oxygens (including phenoxy) is 1. The second kappa shape index (κ2) is 6.64. The van der Waals surface area contributed by atoms with Crippen molar-refractivity contribution in [3.8, 4) is 0 Å². The van der Waals surface area contributed by atoms with Crippen molar-refractivity contribution in [3.63, 3.8) is 0 Å². The highest BCUT2D eigenvalue weighted by Gasteiger charge is 2.53. The van der Waals surface area contributed by atoms with Crippen LogP contribution in [0.25, 0.3) is 0 Å². The predicted molar refractivity (Wildman–Crippen MR) is 66.8 cm³/mol. The number of carbonyl (C=O) groups excluding carboxylic acids is 1. The average molecular weight is 308 g/mol. The van der Waals surface area contributed by atoms with E-state index in [9.17, 15) is 24.9 Å². The summed E-state index contributed by atoms with van der Waals surface area (Å²) < 4.78 is 4.94. The number of aliphatic hydroxyl groups excluding tert-OH is 3. The molecule has 0 unspecified atom stereocenters. The third kappa shape index (κ3) is 3.87. The Morgan fingerprint density at radius 2 is 2.05 bits per heavy atom. The quantitative estimate of drug-likeness (QED) is 0.267. The molecule has 1 aliphatic rings. The van der Waals surface area contributed by atoms with E-state index < -0.39 is 61.1 Å². The molecule has 10 heteroatoms. The molecule has 1 saturated heterocycles. The first-order valence-corrected chi connectivity index (χ1v) is 6.25. The third-order valence-corrected chi connectivity index (χ3v) is 3.28. The van der Waals surface area contributed by atoms with Gasteiger partial charge in [0, 0.05) is 19.4 Å². The van der Waals surface area contributed by atoms with Crippen molar-refractivity contribution in [2.24, 2.45) is 5.73 Å². The van der Waals surface area contributed by atoms with E-state index in [0.717, 1.165) is 0 Å². The molecule has 8 N–H and O–H groups in total. The Balaban J connectivity index is 3.07. The molecule has 0 aromatic carbocycles. The number of amides is 1. The lowest BCUT2D eigenvalue weighted by atomic mass is 9.87. The number of rotatable bonds is 5. The molecule has 1 amide bonds. The van der Waals surface area contributed by atoms with Crippen molar-refractivity contribution in [2.45, 2.75) is 49.5 Å². The van der Waals surface area contributed by atoms with Gasteiger partial charge >= 0.3 is 5.97 Å². The predicted octanol–water partition coefficient (Wildman–Crippen LogP) is -3.91. The van der Waals surface area contributed by atoms with Crippen LogP contribution in [0.4, 0.5) is 0 Å². The number of aliphatic carboxylic acids is 1. The Morgan fingerprint density at radius 1 is 1.48 bits per heavy atom. The summed E-state index contributed by atoms with van der Waals surface area (Å²) in [5.41, 5.74) is 5.74. The number of carboxylic acids is 1.